The van der Waals surface area contributed by atoms with E-state index >= 15 is 0 Å². The topological polar surface area (TPSA) is 67.2 Å². The predicted molar refractivity (Wildman–Crippen MR) is 110 cm³/mol. The number of nitrogens with zero attached hydrogens (tertiary/aromatic N) is 3. The number of rotatable bonds is 7. The molecule has 0 fully saturated rings. The van der Waals surface area contributed by atoms with Crippen molar-refractivity contribution in [2.45, 2.75) is 26.9 Å². The molecule has 1 N–H and O–H groups in total. The second kappa shape index (κ2) is 9.05. The molecular formula is C21H22ClFN4O2. The first-order valence-corrected chi connectivity index (χ1v) is 9.68. The lowest BCUT2D eigenvalue weighted by Crippen LogP contribution is -2.42. The number of carbonyl (C=O) groups is 2. The zero-order chi connectivity index (χ0) is 21.0. The molecule has 0 spiro atoms. The number of carbonyl (C=O) groups excluding carboxylic acids is 2. The number of hydrogen-bond donors (Lipinski definition) is 1. The summed E-state index contributed by atoms with van der Waals surface area (Å²) in [6.07, 6.45) is 0. The van der Waals surface area contributed by atoms with Crippen LogP contribution in [0.15, 0.2) is 42.5 Å². The molecular weight excluding hydrogens is 395 g/mol. The van der Waals surface area contributed by atoms with Crippen molar-refractivity contribution in [2.24, 2.45) is 0 Å². The molecule has 8 heteroatoms. The van der Waals surface area contributed by atoms with Gasteiger partial charge < -0.3 is 10.2 Å². The molecule has 3 aromatic rings. The normalized spacial score (nSPS) is 10.9. The average Bonchev–Trinajstić information content (AvgIpc) is 3.03. The van der Waals surface area contributed by atoms with Crippen molar-refractivity contribution < 1.29 is 14.0 Å². The molecule has 29 heavy (non-hydrogen) atoms. The SMILES string of the molecule is CCN(CC(=O)NCc1cccc(Cl)c1F)C(=O)Cn1nc(C)c2ccccc21. The molecule has 0 atom stereocenters. The van der Waals surface area contributed by atoms with Crippen LogP contribution in [0.1, 0.15) is 18.2 Å². The Kier molecular flexibility index (Phi) is 6.49. The maximum atomic E-state index is 13.9. The van der Waals surface area contributed by atoms with Gasteiger partial charge in [-0.25, -0.2) is 4.39 Å². The molecule has 2 aromatic carbocycles. The van der Waals surface area contributed by atoms with Crippen molar-refractivity contribution in [1.82, 2.24) is 20.0 Å². The molecule has 0 aliphatic heterocycles. The Morgan fingerprint density at radius 1 is 1.21 bits per heavy atom. The van der Waals surface area contributed by atoms with Gasteiger partial charge in [-0.15, -0.1) is 0 Å². The fourth-order valence-electron chi connectivity index (χ4n) is 3.13. The Hall–Kier alpha value is -2.93. The monoisotopic (exact) mass is 416 g/mol. The van der Waals surface area contributed by atoms with Gasteiger partial charge in [0.05, 0.1) is 22.8 Å². The zero-order valence-corrected chi connectivity index (χ0v) is 17.0. The van der Waals surface area contributed by atoms with Crippen LogP contribution in [0.25, 0.3) is 10.9 Å². The summed E-state index contributed by atoms with van der Waals surface area (Å²) in [7, 11) is 0. The molecule has 0 aliphatic rings. The predicted octanol–water partition coefficient (Wildman–Crippen LogP) is 3.30. The number of para-hydroxylation sites is 1. The molecule has 3 rings (SSSR count). The van der Waals surface area contributed by atoms with Gasteiger partial charge in [-0.05, 0) is 26.0 Å². The first kappa shape index (κ1) is 20.8. The van der Waals surface area contributed by atoms with Crippen LogP contribution < -0.4 is 5.32 Å². The van der Waals surface area contributed by atoms with Crippen molar-refractivity contribution >= 4 is 34.3 Å². The van der Waals surface area contributed by atoms with E-state index in [2.05, 4.69) is 10.4 Å². The van der Waals surface area contributed by atoms with Crippen LogP contribution in [0.4, 0.5) is 4.39 Å². The Bertz CT molecular complexity index is 1050. The number of likely N-dealkylation sites (N-methyl/N-ethyl adjacent to an activating group) is 1. The van der Waals surface area contributed by atoms with Crippen molar-refractivity contribution in [3.8, 4) is 0 Å². The van der Waals surface area contributed by atoms with Crippen LogP contribution in [0, 0.1) is 12.7 Å². The van der Waals surface area contributed by atoms with Crippen molar-refractivity contribution in [2.75, 3.05) is 13.1 Å². The number of nitrogens with one attached hydrogen (secondary N) is 1. The highest BCUT2D eigenvalue weighted by molar-refractivity contribution is 6.30. The van der Waals surface area contributed by atoms with E-state index in [1.165, 1.54) is 11.0 Å². The highest BCUT2D eigenvalue weighted by atomic mass is 35.5. The number of aromatic nitrogens is 2. The highest BCUT2D eigenvalue weighted by Gasteiger charge is 2.18. The van der Waals surface area contributed by atoms with E-state index in [-0.39, 0.29) is 36.5 Å². The molecule has 0 radical (unpaired) electrons. The minimum Gasteiger partial charge on any atom is -0.350 e. The molecule has 152 valence electrons. The molecule has 0 unspecified atom stereocenters. The lowest BCUT2D eigenvalue weighted by molar-refractivity contribution is -0.136. The van der Waals surface area contributed by atoms with Gasteiger partial charge in [-0.1, -0.05) is 41.9 Å². The van der Waals surface area contributed by atoms with E-state index in [4.69, 9.17) is 11.6 Å². The Balaban J connectivity index is 1.62. The second-order valence-corrected chi connectivity index (χ2v) is 7.06. The molecule has 6 nitrogen and oxygen atoms in total. The molecule has 0 bridgehead atoms. The van der Waals surface area contributed by atoms with Crippen LogP contribution in [-0.4, -0.2) is 39.6 Å². The van der Waals surface area contributed by atoms with Gasteiger partial charge in [-0.2, -0.15) is 5.10 Å². The third kappa shape index (κ3) is 4.74. The maximum absolute atomic E-state index is 13.9. The molecule has 0 aliphatic carbocycles. The van der Waals surface area contributed by atoms with Crippen LogP contribution >= 0.6 is 11.6 Å². The number of amides is 2. The third-order valence-electron chi connectivity index (χ3n) is 4.70. The van der Waals surface area contributed by atoms with E-state index in [1.807, 2.05) is 31.2 Å². The van der Waals surface area contributed by atoms with Gasteiger partial charge in [0.15, 0.2) is 0 Å². The number of aryl methyl sites for hydroxylation is 1. The summed E-state index contributed by atoms with van der Waals surface area (Å²) in [5.74, 6) is -1.15. The van der Waals surface area contributed by atoms with E-state index in [1.54, 1.807) is 23.7 Å². The Morgan fingerprint density at radius 2 is 1.97 bits per heavy atom. The fourth-order valence-corrected chi connectivity index (χ4v) is 3.32. The fraction of sp³-hybridized carbons (Fsp3) is 0.286. The summed E-state index contributed by atoms with van der Waals surface area (Å²) in [4.78, 5) is 26.4. The van der Waals surface area contributed by atoms with Gasteiger partial charge >= 0.3 is 0 Å². The van der Waals surface area contributed by atoms with Crippen LogP contribution in [0.3, 0.4) is 0 Å². The molecule has 1 aromatic heterocycles. The number of fused-ring (bicyclic) bond motifs is 1. The summed E-state index contributed by atoms with van der Waals surface area (Å²) in [6, 6.07) is 12.3. The quantitative estimate of drug-likeness (QED) is 0.642. The van der Waals surface area contributed by atoms with Crippen LogP contribution in [0.2, 0.25) is 5.02 Å². The second-order valence-electron chi connectivity index (χ2n) is 6.66. The minimum absolute atomic E-state index is 0.0000399. The summed E-state index contributed by atoms with van der Waals surface area (Å²) in [5.41, 5.74) is 2.01. The van der Waals surface area contributed by atoms with Gasteiger partial charge in [0, 0.05) is 24.0 Å². The molecule has 0 saturated heterocycles. The summed E-state index contributed by atoms with van der Waals surface area (Å²) in [6.45, 7) is 3.99. The molecule has 1 heterocycles. The van der Waals surface area contributed by atoms with Gasteiger partial charge in [-0.3, -0.25) is 14.3 Å². The lowest BCUT2D eigenvalue weighted by Gasteiger charge is -2.20. The number of benzene rings is 2. The smallest absolute Gasteiger partial charge is 0.244 e. The number of hydrogen-bond acceptors (Lipinski definition) is 3. The van der Waals surface area contributed by atoms with Gasteiger partial charge in [0.2, 0.25) is 11.8 Å². The van der Waals surface area contributed by atoms with Crippen LogP contribution in [0.5, 0.6) is 0 Å². The Morgan fingerprint density at radius 3 is 2.72 bits per heavy atom. The largest absolute Gasteiger partial charge is 0.350 e. The van der Waals surface area contributed by atoms with E-state index in [0.29, 0.717) is 12.1 Å². The first-order chi connectivity index (χ1) is 13.9. The van der Waals surface area contributed by atoms with E-state index in [0.717, 1.165) is 16.6 Å². The van der Waals surface area contributed by atoms with Crippen molar-refractivity contribution in [1.29, 1.82) is 0 Å². The highest BCUT2D eigenvalue weighted by Crippen LogP contribution is 2.18. The standard InChI is InChI=1S/C21H22ClFN4O2/c1-3-26(12-19(28)24-11-15-7-6-9-17(22)21(15)23)20(29)13-27-18-10-5-4-8-16(18)14(2)25-27/h4-10H,3,11-13H2,1-2H3,(H,24,28). The lowest BCUT2D eigenvalue weighted by atomic mass is 10.2. The van der Waals surface area contributed by atoms with Crippen molar-refractivity contribution in [3.05, 3.63) is 64.6 Å². The zero-order valence-electron chi connectivity index (χ0n) is 16.3. The molecule has 2 amide bonds. The number of halogens is 2. The molecule has 0 saturated carbocycles. The van der Waals surface area contributed by atoms with Gasteiger partial charge in [0.1, 0.15) is 12.4 Å². The van der Waals surface area contributed by atoms with E-state index < -0.39 is 5.82 Å². The van der Waals surface area contributed by atoms with Crippen molar-refractivity contribution in [3.63, 3.8) is 0 Å². The van der Waals surface area contributed by atoms with E-state index in [9.17, 15) is 14.0 Å². The van der Waals surface area contributed by atoms with Gasteiger partial charge in [0.25, 0.3) is 0 Å². The summed E-state index contributed by atoms with van der Waals surface area (Å²) >= 11 is 5.75. The first-order valence-electron chi connectivity index (χ1n) is 9.30. The minimum atomic E-state index is -0.557. The third-order valence-corrected chi connectivity index (χ3v) is 5.00. The average molecular weight is 417 g/mol. The Labute approximate surface area is 173 Å². The maximum Gasteiger partial charge on any atom is 0.244 e. The van der Waals surface area contributed by atoms with Crippen LogP contribution in [-0.2, 0) is 22.7 Å². The summed E-state index contributed by atoms with van der Waals surface area (Å²) in [5, 5.41) is 8.06. The summed E-state index contributed by atoms with van der Waals surface area (Å²) < 4.78 is 15.6.